The smallest absolute Gasteiger partial charge is 0.302 e. The fourth-order valence-electron chi connectivity index (χ4n) is 2.85. The summed E-state index contributed by atoms with van der Waals surface area (Å²) in [5, 5.41) is 32.3. The van der Waals surface area contributed by atoms with Crippen molar-refractivity contribution in [3.8, 4) is 0 Å². The highest BCUT2D eigenvalue weighted by Gasteiger charge is 2.77. The van der Waals surface area contributed by atoms with Crippen LogP contribution in [0.4, 0.5) is 0 Å². The molecule has 0 aliphatic carbocycles. The first-order valence-electron chi connectivity index (χ1n) is 6.95. The minimum atomic E-state index is -3.26. The summed E-state index contributed by atoms with van der Waals surface area (Å²) in [6.07, 6.45) is -1.74. The second-order valence-electron chi connectivity index (χ2n) is 5.69. The van der Waals surface area contributed by atoms with Crippen molar-refractivity contribution in [3.05, 3.63) is 0 Å². The van der Waals surface area contributed by atoms with Crippen molar-refractivity contribution in [2.75, 3.05) is 6.61 Å². The number of Topliss-reactive ketones (excluding diaryl/α,β-unsaturated/α-hetero) is 3. The van der Waals surface area contributed by atoms with Crippen molar-refractivity contribution in [2.45, 2.75) is 56.0 Å². The number of hydrogen-bond donors (Lipinski definition) is 4. The lowest BCUT2D eigenvalue weighted by Gasteiger charge is -2.56. The molecule has 1 rings (SSSR count). The Morgan fingerprint density at radius 3 is 1.75 bits per heavy atom. The normalized spacial score (nSPS) is 39.2. The van der Waals surface area contributed by atoms with Crippen molar-refractivity contribution >= 4 is 35.9 Å². The Morgan fingerprint density at radius 2 is 1.42 bits per heavy atom. The number of ether oxygens (including phenoxy) is 2. The van der Waals surface area contributed by atoms with Crippen LogP contribution in [0.2, 0.25) is 0 Å². The van der Waals surface area contributed by atoms with Crippen LogP contribution in [0.1, 0.15) is 27.7 Å². The minimum absolute atomic E-state index is 0.716. The Hall–Kier alpha value is -1.33. The van der Waals surface area contributed by atoms with Gasteiger partial charge in [-0.2, -0.15) is 0 Å². The van der Waals surface area contributed by atoms with E-state index in [2.05, 4.69) is 17.4 Å². The van der Waals surface area contributed by atoms with E-state index in [4.69, 9.17) is 4.74 Å². The molecule has 10 heteroatoms. The second-order valence-corrected chi connectivity index (χ2v) is 6.16. The van der Waals surface area contributed by atoms with Gasteiger partial charge in [-0.1, -0.05) is 0 Å². The first-order valence-corrected chi connectivity index (χ1v) is 7.46. The molecule has 24 heavy (non-hydrogen) atoms. The number of aliphatic hydroxyl groups is 3. The molecule has 0 bridgehead atoms. The van der Waals surface area contributed by atoms with Crippen LogP contribution in [-0.4, -0.2) is 73.6 Å². The largest absolute Gasteiger partial charge is 0.463 e. The number of thiol groups is 1. The molecule has 5 atom stereocenters. The van der Waals surface area contributed by atoms with Gasteiger partial charge < -0.3 is 24.8 Å². The maximum absolute atomic E-state index is 12.1. The van der Waals surface area contributed by atoms with Crippen LogP contribution in [0.3, 0.4) is 0 Å². The minimum Gasteiger partial charge on any atom is -0.463 e. The zero-order chi connectivity index (χ0) is 19.1. The fraction of sp³-hybridized carbons (Fsp3) is 0.714. The van der Waals surface area contributed by atoms with E-state index in [0.29, 0.717) is 0 Å². The Bertz CT molecular complexity index is 591. The summed E-state index contributed by atoms with van der Waals surface area (Å²) in [6.45, 7) is 2.80. The van der Waals surface area contributed by atoms with E-state index in [1.54, 1.807) is 0 Å². The van der Waals surface area contributed by atoms with Gasteiger partial charge in [-0.3, -0.25) is 19.2 Å². The highest BCUT2D eigenvalue weighted by atomic mass is 32.1. The molecule has 0 aromatic carbocycles. The molecule has 0 spiro atoms. The standard InChI is InChI=1S/C14H20O9S/c1-6(15)12(19)10(5-22-9(4)18)23-11(24)13(20,7(2)16)14(12,21)8(3)17/h10-11,19-21,24H,5H2,1-4H3/t10-,11+,12-,13+,14+/m1/s1. The SMILES string of the molecule is CC(=O)OC[C@H]1O[C@@H](S)[C@@](O)(C(C)=O)[C@](O)(C(C)=O)[C@@]1(O)C(C)=O. The van der Waals surface area contributed by atoms with E-state index in [1.807, 2.05) is 0 Å². The maximum Gasteiger partial charge on any atom is 0.302 e. The average molecular weight is 364 g/mol. The number of hydrogen-bond acceptors (Lipinski definition) is 10. The third-order valence-electron chi connectivity index (χ3n) is 4.24. The maximum atomic E-state index is 12.1. The van der Waals surface area contributed by atoms with Gasteiger partial charge in [-0.15, -0.1) is 12.6 Å². The predicted octanol–water partition coefficient (Wildman–Crippen LogP) is -1.84. The highest BCUT2D eigenvalue weighted by Crippen LogP contribution is 2.47. The lowest BCUT2D eigenvalue weighted by atomic mass is 9.61. The topological polar surface area (TPSA) is 147 Å². The van der Waals surface area contributed by atoms with Crippen LogP contribution in [0.25, 0.3) is 0 Å². The summed E-state index contributed by atoms with van der Waals surface area (Å²) in [5.74, 6) is -4.35. The number of carbonyl (C=O) groups is 4. The van der Waals surface area contributed by atoms with Crippen LogP contribution in [0, 0.1) is 0 Å². The van der Waals surface area contributed by atoms with Gasteiger partial charge in [-0.25, -0.2) is 0 Å². The van der Waals surface area contributed by atoms with Gasteiger partial charge >= 0.3 is 5.97 Å². The molecule has 1 saturated heterocycles. The summed E-state index contributed by atoms with van der Waals surface area (Å²) in [4.78, 5) is 47.1. The summed E-state index contributed by atoms with van der Waals surface area (Å²) in [5.41, 5.74) is -11.1. The van der Waals surface area contributed by atoms with Gasteiger partial charge in [0.2, 0.25) is 5.60 Å². The molecule has 9 nitrogen and oxygen atoms in total. The predicted molar refractivity (Wildman–Crippen MR) is 81.2 cm³/mol. The first-order chi connectivity index (χ1) is 10.8. The van der Waals surface area contributed by atoms with Crippen LogP contribution < -0.4 is 0 Å². The Kier molecular flexibility index (Phi) is 5.63. The molecule has 0 unspecified atom stereocenters. The lowest BCUT2D eigenvalue weighted by molar-refractivity contribution is -0.306. The van der Waals surface area contributed by atoms with E-state index in [9.17, 15) is 34.5 Å². The number of carbonyl (C=O) groups excluding carboxylic acids is 4. The van der Waals surface area contributed by atoms with Gasteiger partial charge in [0, 0.05) is 6.92 Å². The third-order valence-corrected chi connectivity index (χ3v) is 4.74. The zero-order valence-electron chi connectivity index (χ0n) is 13.6. The van der Waals surface area contributed by atoms with Crippen LogP contribution in [0.15, 0.2) is 0 Å². The first kappa shape index (κ1) is 20.7. The molecule has 1 aliphatic heterocycles. The van der Waals surface area contributed by atoms with E-state index < -0.39 is 58.3 Å². The summed E-state index contributed by atoms with van der Waals surface area (Å²) >= 11 is 3.87. The molecule has 0 amide bonds. The molecule has 1 fully saturated rings. The highest BCUT2D eigenvalue weighted by molar-refractivity contribution is 7.80. The molecule has 0 saturated carbocycles. The Labute approximate surface area is 143 Å². The van der Waals surface area contributed by atoms with Gasteiger partial charge in [0.25, 0.3) is 0 Å². The van der Waals surface area contributed by atoms with E-state index in [0.717, 1.165) is 27.7 Å². The molecule has 136 valence electrons. The second kappa shape index (κ2) is 6.52. The van der Waals surface area contributed by atoms with E-state index in [-0.39, 0.29) is 0 Å². The monoisotopic (exact) mass is 364 g/mol. The van der Waals surface area contributed by atoms with Gasteiger partial charge in [-0.05, 0) is 20.8 Å². The third kappa shape index (κ3) is 2.58. The zero-order valence-corrected chi connectivity index (χ0v) is 14.5. The number of esters is 1. The van der Waals surface area contributed by atoms with Gasteiger partial charge in [0.15, 0.2) is 28.6 Å². The van der Waals surface area contributed by atoms with Crippen LogP contribution >= 0.6 is 12.6 Å². The molecule has 1 aliphatic rings. The molecule has 1 heterocycles. The number of rotatable bonds is 5. The number of ketones is 3. The summed E-state index contributed by atoms with van der Waals surface area (Å²) in [6, 6.07) is 0. The van der Waals surface area contributed by atoms with Gasteiger partial charge in [0.1, 0.15) is 18.1 Å². The molecule has 0 aromatic heterocycles. The molecule has 0 radical (unpaired) electrons. The molecular formula is C14H20O9S. The van der Waals surface area contributed by atoms with Crippen molar-refractivity contribution < 1.29 is 44.0 Å². The quantitative estimate of drug-likeness (QED) is 0.326. The molecule has 3 N–H and O–H groups in total. The average Bonchev–Trinajstić information content (AvgIpc) is 2.46. The summed E-state index contributed by atoms with van der Waals surface area (Å²) < 4.78 is 9.85. The lowest BCUT2D eigenvalue weighted by Crippen LogP contribution is -2.85. The van der Waals surface area contributed by atoms with Crippen LogP contribution in [0.5, 0.6) is 0 Å². The van der Waals surface area contributed by atoms with Crippen molar-refractivity contribution in [1.29, 1.82) is 0 Å². The van der Waals surface area contributed by atoms with Crippen molar-refractivity contribution in [1.82, 2.24) is 0 Å². The van der Waals surface area contributed by atoms with Crippen molar-refractivity contribution in [3.63, 3.8) is 0 Å². The molecule has 0 aromatic rings. The Morgan fingerprint density at radius 1 is 0.958 bits per heavy atom. The summed E-state index contributed by atoms with van der Waals surface area (Å²) in [7, 11) is 0. The fourth-order valence-corrected chi connectivity index (χ4v) is 3.37. The van der Waals surface area contributed by atoms with E-state index >= 15 is 0 Å². The molecular weight excluding hydrogens is 344 g/mol. The van der Waals surface area contributed by atoms with E-state index in [1.165, 1.54) is 0 Å². The van der Waals surface area contributed by atoms with Gasteiger partial charge in [0.05, 0.1) is 0 Å². The van der Waals surface area contributed by atoms with Crippen LogP contribution in [-0.2, 0) is 28.7 Å². The Balaban J connectivity index is 3.66. The van der Waals surface area contributed by atoms with Crippen molar-refractivity contribution in [2.24, 2.45) is 0 Å².